The van der Waals surface area contributed by atoms with E-state index in [0.29, 0.717) is 5.84 Å². The highest BCUT2D eigenvalue weighted by atomic mass is 15.3. The minimum Gasteiger partial charge on any atom is -0.310 e. The largest absolute Gasteiger partial charge is 0.310 e. The number of nitrogens with two attached hydrogens (primary N) is 1. The number of rotatable bonds is 1. The second-order valence-electron chi connectivity index (χ2n) is 2.98. The van der Waals surface area contributed by atoms with Gasteiger partial charge in [0.1, 0.15) is 5.84 Å². The van der Waals surface area contributed by atoms with Crippen LogP contribution in [0.1, 0.15) is 20.8 Å². The van der Waals surface area contributed by atoms with Crippen molar-refractivity contribution >= 4 is 12.6 Å². The van der Waals surface area contributed by atoms with Gasteiger partial charge in [-0.05, 0) is 0 Å². The van der Waals surface area contributed by atoms with Gasteiger partial charge < -0.3 is 5.43 Å². The van der Waals surface area contributed by atoms with Crippen molar-refractivity contribution < 1.29 is 0 Å². The molecular weight excluding hydrogens is 128 g/mol. The lowest BCUT2D eigenvalue weighted by molar-refractivity contribution is 0.564. The Bertz CT molecular complexity index is 142. The minimum atomic E-state index is -0.101. The zero-order valence-corrected chi connectivity index (χ0v) is 6.68. The van der Waals surface area contributed by atoms with Gasteiger partial charge in [-0.15, -0.1) is 5.10 Å². The number of hydrogen-bond acceptors (Lipinski definition) is 3. The number of hydrogen-bond donors (Lipinski definition) is 2. The van der Waals surface area contributed by atoms with Crippen LogP contribution < -0.4 is 11.3 Å². The molecule has 0 aliphatic rings. The number of nitrogens with zero attached hydrogens (tertiary/aromatic N) is 2. The van der Waals surface area contributed by atoms with Crippen LogP contribution in [0.3, 0.4) is 0 Å². The lowest BCUT2D eigenvalue weighted by atomic mass is 9.95. The van der Waals surface area contributed by atoms with Crippen molar-refractivity contribution in [2.45, 2.75) is 20.8 Å². The van der Waals surface area contributed by atoms with E-state index in [9.17, 15) is 0 Å². The Morgan fingerprint density at radius 2 is 2.00 bits per heavy atom. The zero-order valence-electron chi connectivity index (χ0n) is 6.68. The second kappa shape index (κ2) is 3.31. The summed E-state index contributed by atoms with van der Waals surface area (Å²) >= 11 is 0. The van der Waals surface area contributed by atoms with Gasteiger partial charge in [0.15, 0.2) is 0 Å². The van der Waals surface area contributed by atoms with Gasteiger partial charge in [-0.25, -0.2) is 5.84 Å². The molecule has 0 fully saturated rings. The first-order valence-electron chi connectivity index (χ1n) is 3.03. The van der Waals surface area contributed by atoms with E-state index in [1.54, 1.807) is 0 Å². The first-order chi connectivity index (χ1) is 4.52. The van der Waals surface area contributed by atoms with Crippen LogP contribution >= 0.6 is 0 Å². The molecule has 0 radical (unpaired) electrons. The van der Waals surface area contributed by atoms with Gasteiger partial charge in [-0.1, -0.05) is 20.8 Å². The standard InChI is InChI=1S/C6H14N4/c1-6(2,3)5(9-7)10-8-4/h4,7H2,1-3H3,(H,9,10). The smallest absolute Gasteiger partial charge is 0.144 e. The Morgan fingerprint density at radius 3 is 2.10 bits per heavy atom. The Hall–Kier alpha value is -0.900. The van der Waals surface area contributed by atoms with E-state index >= 15 is 0 Å². The fraction of sp³-hybridized carbons (Fsp3) is 0.667. The third kappa shape index (κ3) is 2.59. The lowest BCUT2D eigenvalue weighted by Crippen LogP contribution is -2.39. The van der Waals surface area contributed by atoms with Crippen molar-refractivity contribution in [3.63, 3.8) is 0 Å². The SMILES string of the molecule is C=N/N=C(\NN)C(C)(C)C. The molecule has 0 spiro atoms. The molecule has 0 aromatic rings. The normalized spacial score (nSPS) is 13.0. The maximum atomic E-state index is 5.18. The fourth-order valence-corrected chi connectivity index (χ4v) is 0.466. The summed E-state index contributed by atoms with van der Waals surface area (Å²) in [5.74, 6) is 5.80. The first kappa shape index (κ1) is 9.10. The van der Waals surface area contributed by atoms with E-state index in [1.165, 1.54) is 0 Å². The minimum absolute atomic E-state index is 0.101. The predicted octanol–water partition coefficient (Wildman–Crippen LogP) is 0.510. The molecule has 0 rings (SSSR count). The van der Waals surface area contributed by atoms with Gasteiger partial charge in [0.25, 0.3) is 0 Å². The molecule has 0 aromatic carbocycles. The van der Waals surface area contributed by atoms with Crippen LogP contribution in [0.4, 0.5) is 0 Å². The van der Waals surface area contributed by atoms with Crippen molar-refractivity contribution in [3.8, 4) is 0 Å². The summed E-state index contributed by atoms with van der Waals surface area (Å²) in [6, 6.07) is 0. The molecule has 0 aliphatic carbocycles. The molecule has 10 heavy (non-hydrogen) atoms. The highest BCUT2D eigenvalue weighted by Crippen LogP contribution is 2.13. The summed E-state index contributed by atoms with van der Waals surface area (Å²) in [6.45, 7) is 9.18. The van der Waals surface area contributed by atoms with Crippen molar-refractivity contribution in [1.29, 1.82) is 0 Å². The summed E-state index contributed by atoms with van der Waals surface area (Å²) in [7, 11) is 0. The molecule has 0 aliphatic heterocycles. The van der Waals surface area contributed by atoms with Gasteiger partial charge in [0, 0.05) is 12.1 Å². The lowest BCUT2D eigenvalue weighted by Gasteiger charge is -2.18. The summed E-state index contributed by atoms with van der Waals surface area (Å²) in [5.41, 5.74) is 2.36. The molecule has 0 saturated heterocycles. The molecule has 0 atom stereocenters. The Balaban J connectivity index is 4.35. The molecule has 4 heteroatoms. The van der Waals surface area contributed by atoms with Gasteiger partial charge in [0.05, 0.1) is 0 Å². The molecule has 0 bridgehead atoms. The second-order valence-corrected chi connectivity index (χ2v) is 2.98. The fourth-order valence-electron chi connectivity index (χ4n) is 0.466. The Morgan fingerprint density at radius 1 is 1.50 bits per heavy atom. The van der Waals surface area contributed by atoms with Crippen LogP contribution in [-0.2, 0) is 0 Å². The number of amidine groups is 1. The summed E-state index contributed by atoms with van der Waals surface area (Å²) in [5, 5.41) is 7.08. The average Bonchev–Trinajstić information content (AvgIpc) is 1.80. The molecular formula is C6H14N4. The van der Waals surface area contributed by atoms with Gasteiger partial charge in [-0.3, -0.25) is 0 Å². The van der Waals surface area contributed by atoms with Crippen LogP contribution in [0.15, 0.2) is 10.2 Å². The molecule has 0 aromatic heterocycles. The molecule has 0 saturated carbocycles. The third-order valence-electron chi connectivity index (χ3n) is 1.02. The molecule has 0 heterocycles. The van der Waals surface area contributed by atoms with E-state index in [2.05, 4.69) is 22.3 Å². The molecule has 3 N–H and O–H groups in total. The van der Waals surface area contributed by atoms with Gasteiger partial charge >= 0.3 is 0 Å². The highest BCUT2D eigenvalue weighted by Gasteiger charge is 2.17. The average molecular weight is 142 g/mol. The molecule has 58 valence electrons. The van der Waals surface area contributed by atoms with Crippen LogP contribution in [0.2, 0.25) is 0 Å². The van der Waals surface area contributed by atoms with Crippen LogP contribution in [0.25, 0.3) is 0 Å². The first-order valence-corrected chi connectivity index (χ1v) is 3.03. The van der Waals surface area contributed by atoms with E-state index < -0.39 is 0 Å². The van der Waals surface area contributed by atoms with Crippen molar-refractivity contribution in [1.82, 2.24) is 5.43 Å². The molecule has 0 amide bonds. The quantitative estimate of drug-likeness (QED) is 0.242. The maximum Gasteiger partial charge on any atom is 0.144 e. The molecule has 4 nitrogen and oxygen atoms in total. The van der Waals surface area contributed by atoms with E-state index in [-0.39, 0.29) is 5.41 Å². The highest BCUT2D eigenvalue weighted by molar-refractivity contribution is 5.86. The van der Waals surface area contributed by atoms with Gasteiger partial charge in [-0.2, -0.15) is 5.10 Å². The van der Waals surface area contributed by atoms with Crippen LogP contribution in [0.5, 0.6) is 0 Å². The van der Waals surface area contributed by atoms with E-state index in [1.807, 2.05) is 20.8 Å². The topological polar surface area (TPSA) is 62.8 Å². The predicted molar refractivity (Wildman–Crippen MR) is 43.8 cm³/mol. The van der Waals surface area contributed by atoms with Gasteiger partial charge in [0.2, 0.25) is 0 Å². The maximum absolute atomic E-state index is 5.18. The monoisotopic (exact) mass is 142 g/mol. The molecule has 0 unspecified atom stereocenters. The zero-order chi connectivity index (χ0) is 8.20. The van der Waals surface area contributed by atoms with E-state index in [4.69, 9.17) is 5.84 Å². The van der Waals surface area contributed by atoms with E-state index in [0.717, 1.165) is 0 Å². The van der Waals surface area contributed by atoms with Crippen LogP contribution in [0, 0.1) is 5.41 Å². The Labute approximate surface area is 61.2 Å². The summed E-state index contributed by atoms with van der Waals surface area (Å²) < 4.78 is 0. The number of nitrogens with one attached hydrogen (secondary N) is 1. The van der Waals surface area contributed by atoms with Crippen LogP contribution in [-0.4, -0.2) is 12.6 Å². The summed E-state index contributed by atoms with van der Waals surface area (Å²) in [6.07, 6.45) is 0. The number of hydrazine groups is 1. The summed E-state index contributed by atoms with van der Waals surface area (Å²) in [4.78, 5) is 0. The van der Waals surface area contributed by atoms with Crippen molar-refractivity contribution in [3.05, 3.63) is 0 Å². The Kier molecular flexibility index (Phi) is 3.02. The van der Waals surface area contributed by atoms with Crippen molar-refractivity contribution in [2.75, 3.05) is 0 Å². The van der Waals surface area contributed by atoms with Crippen molar-refractivity contribution in [2.24, 2.45) is 21.5 Å². The third-order valence-corrected chi connectivity index (χ3v) is 1.02.